The van der Waals surface area contributed by atoms with E-state index in [9.17, 15) is 9.90 Å². The Kier molecular flexibility index (Phi) is 6.30. The fourth-order valence-electron chi connectivity index (χ4n) is 3.81. The molecule has 4 rings (SSSR count). The molecule has 0 bridgehead atoms. The zero-order valence-corrected chi connectivity index (χ0v) is 18.0. The van der Waals surface area contributed by atoms with Crippen LogP contribution >= 0.6 is 0 Å². The lowest BCUT2D eigenvalue weighted by Gasteiger charge is -2.18. The summed E-state index contributed by atoms with van der Waals surface area (Å²) < 4.78 is 5.33. The molecule has 4 aromatic rings. The number of nitrogens with zero attached hydrogens (tertiary/aromatic N) is 3. The molecule has 8 nitrogen and oxygen atoms in total. The first kappa shape index (κ1) is 21.3. The van der Waals surface area contributed by atoms with E-state index in [1.807, 2.05) is 56.4 Å². The molecule has 2 heterocycles. The van der Waals surface area contributed by atoms with Gasteiger partial charge in [-0.3, -0.25) is 9.89 Å². The highest BCUT2D eigenvalue weighted by Crippen LogP contribution is 2.37. The molecule has 164 valence electrons. The van der Waals surface area contributed by atoms with Crippen LogP contribution in [0, 0.1) is 0 Å². The van der Waals surface area contributed by atoms with Gasteiger partial charge in [0.15, 0.2) is 0 Å². The number of carbonyl (C=O) groups is 1. The fraction of sp³-hybridized carbons (Fsp3) is 0.250. The van der Waals surface area contributed by atoms with Crippen molar-refractivity contribution in [3.05, 3.63) is 60.6 Å². The molecule has 0 aliphatic heterocycles. The summed E-state index contributed by atoms with van der Waals surface area (Å²) in [5, 5.41) is 20.9. The molecule has 2 aromatic carbocycles. The molecule has 8 heteroatoms. The molecular formula is C24H25N5O3. The standard InChI is InChI=1S/C24H25N5O3/c1-3-15(11-23(30)31)16-8-9-19(18-6-5-7-21-20(18)14-27-29-21)22(10-16)28-17-12-25-24(26-13-17)32-4-2/h5-10,12-15,28H,3-4,11H2,1-2H3,(H,27,29)(H,30,31). The predicted molar refractivity (Wildman–Crippen MR) is 123 cm³/mol. The molecular weight excluding hydrogens is 406 g/mol. The van der Waals surface area contributed by atoms with E-state index in [1.54, 1.807) is 12.4 Å². The van der Waals surface area contributed by atoms with E-state index in [0.29, 0.717) is 18.3 Å². The number of aliphatic carboxylic acids is 1. The van der Waals surface area contributed by atoms with Crippen molar-refractivity contribution in [2.75, 3.05) is 11.9 Å². The van der Waals surface area contributed by atoms with Crippen LogP contribution in [-0.2, 0) is 4.79 Å². The van der Waals surface area contributed by atoms with Crippen molar-refractivity contribution < 1.29 is 14.6 Å². The maximum atomic E-state index is 11.4. The monoisotopic (exact) mass is 431 g/mol. The van der Waals surface area contributed by atoms with Crippen LogP contribution in [0.5, 0.6) is 6.01 Å². The molecule has 0 aliphatic carbocycles. The smallest absolute Gasteiger partial charge is 0.316 e. The van der Waals surface area contributed by atoms with Gasteiger partial charge < -0.3 is 15.2 Å². The highest BCUT2D eigenvalue weighted by molar-refractivity contribution is 5.98. The lowest BCUT2D eigenvalue weighted by atomic mass is 9.90. The van der Waals surface area contributed by atoms with E-state index in [1.165, 1.54) is 0 Å². The van der Waals surface area contributed by atoms with E-state index in [2.05, 4.69) is 25.5 Å². The summed E-state index contributed by atoms with van der Waals surface area (Å²) in [6.07, 6.45) is 5.96. The van der Waals surface area contributed by atoms with E-state index < -0.39 is 5.97 Å². The minimum atomic E-state index is -0.807. The van der Waals surface area contributed by atoms with Gasteiger partial charge in [0.25, 0.3) is 0 Å². The quantitative estimate of drug-likeness (QED) is 0.337. The van der Waals surface area contributed by atoms with Gasteiger partial charge in [0.05, 0.1) is 42.8 Å². The average molecular weight is 431 g/mol. The van der Waals surface area contributed by atoms with Crippen LogP contribution in [0.1, 0.15) is 38.2 Å². The van der Waals surface area contributed by atoms with Crippen LogP contribution in [0.2, 0.25) is 0 Å². The first-order chi connectivity index (χ1) is 15.6. The molecule has 0 saturated carbocycles. The second kappa shape index (κ2) is 9.47. The van der Waals surface area contributed by atoms with Crippen molar-refractivity contribution in [3.8, 4) is 17.1 Å². The Hall–Kier alpha value is -3.94. The Morgan fingerprint density at radius 3 is 2.66 bits per heavy atom. The third-order valence-corrected chi connectivity index (χ3v) is 5.38. The van der Waals surface area contributed by atoms with E-state index in [-0.39, 0.29) is 12.3 Å². The van der Waals surface area contributed by atoms with Crippen molar-refractivity contribution in [3.63, 3.8) is 0 Å². The lowest BCUT2D eigenvalue weighted by molar-refractivity contribution is -0.137. The Morgan fingerprint density at radius 2 is 1.94 bits per heavy atom. The Morgan fingerprint density at radius 1 is 1.12 bits per heavy atom. The Bertz CT molecular complexity index is 1220. The van der Waals surface area contributed by atoms with Gasteiger partial charge in [0.1, 0.15) is 0 Å². The normalized spacial score (nSPS) is 11.9. The fourth-order valence-corrected chi connectivity index (χ4v) is 3.81. The number of rotatable bonds is 9. The third kappa shape index (κ3) is 4.54. The van der Waals surface area contributed by atoms with Crippen molar-refractivity contribution in [1.82, 2.24) is 20.2 Å². The van der Waals surface area contributed by atoms with Gasteiger partial charge in [0, 0.05) is 16.6 Å². The number of carboxylic acid groups (broad SMARTS) is 1. The summed E-state index contributed by atoms with van der Waals surface area (Å²) in [6.45, 7) is 4.38. The maximum Gasteiger partial charge on any atom is 0.316 e. The lowest BCUT2D eigenvalue weighted by Crippen LogP contribution is -2.06. The van der Waals surface area contributed by atoms with Crippen LogP contribution in [-0.4, -0.2) is 37.8 Å². The van der Waals surface area contributed by atoms with Crippen LogP contribution in [0.25, 0.3) is 22.0 Å². The van der Waals surface area contributed by atoms with Crippen LogP contribution < -0.4 is 10.1 Å². The molecule has 0 fully saturated rings. The second-order valence-electron chi connectivity index (χ2n) is 7.46. The number of hydrogen-bond donors (Lipinski definition) is 3. The first-order valence-electron chi connectivity index (χ1n) is 10.6. The van der Waals surface area contributed by atoms with Crippen LogP contribution in [0.3, 0.4) is 0 Å². The summed E-state index contributed by atoms with van der Waals surface area (Å²) in [5.74, 6) is -0.887. The molecule has 2 aromatic heterocycles. The number of anilines is 2. The van der Waals surface area contributed by atoms with E-state index in [0.717, 1.165) is 39.7 Å². The molecule has 1 atom stereocenters. The SMILES string of the molecule is CCOc1ncc(Nc2cc(C(CC)CC(=O)O)ccc2-c2cccc3[nH]ncc23)cn1. The maximum absolute atomic E-state index is 11.4. The van der Waals surface area contributed by atoms with Crippen LogP contribution in [0.15, 0.2) is 55.0 Å². The number of benzene rings is 2. The molecule has 0 saturated heterocycles. The Balaban J connectivity index is 1.78. The number of hydrogen-bond acceptors (Lipinski definition) is 6. The van der Waals surface area contributed by atoms with Crippen molar-refractivity contribution in [1.29, 1.82) is 0 Å². The summed E-state index contributed by atoms with van der Waals surface area (Å²) in [6, 6.07) is 12.4. The van der Waals surface area contributed by atoms with Gasteiger partial charge in [-0.15, -0.1) is 0 Å². The highest BCUT2D eigenvalue weighted by atomic mass is 16.5. The molecule has 0 radical (unpaired) electrons. The minimum Gasteiger partial charge on any atom is -0.481 e. The van der Waals surface area contributed by atoms with E-state index in [4.69, 9.17) is 4.74 Å². The van der Waals surface area contributed by atoms with E-state index >= 15 is 0 Å². The summed E-state index contributed by atoms with van der Waals surface area (Å²) in [4.78, 5) is 19.8. The number of nitrogens with one attached hydrogen (secondary N) is 2. The van der Waals surface area contributed by atoms with Crippen molar-refractivity contribution in [2.24, 2.45) is 0 Å². The second-order valence-corrected chi connectivity index (χ2v) is 7.46. The summed E-state index contributed by atoms with van der Waals surface area (Å²) in [5.41, 5.74) is 5.44. The minimum absolute atomic E-state index is 0.0802. The predicted octanol–water partition coefficient (Wildman–Crippen LogP) is 5.13. The third-order valence-electron chi connectivity index (χ3n) is 5.38. The van der Waals surface area contributed by atoms with Gasteiger partial charge in [-0.25, -0.2) is 9.97 Å². The first-order valence-corrected chi connectivity index (χ1v) is 10.6. The van der Waals surface area contributed by atoms with Gasteiger partial charge in [-0.2, -0.15) is 5.10 Å². The van der Waals surface area contributed by atoms with Gasteiger partial charge >= 0.3 is 12.0 Å². The summed E-state index contributed by atoms with van der Waals surface area (Å²) in [7, 11) is 0. The van der Waals surface area contributed by atoms with Crippen LogP contribution in [0.4, 0.5) is 11.4 Å². The van der Waals surface area contributed by atoms with Gasteiger partial charge in [-0.05, 0) is 42.5 Å². The van der Waals surface area contributed by atoms with Gasteiger partial charge in [-0.1, -0.05) is 31.2 Å². The highest BCUT2D eigenvalue weighted by Gasteiger charge is 2.17. The number of fused-ring (bicyclic) bond motifs is 1. The molecule has 32 heavy (non-hydrogen) atoms. The largest absolute Gasteiger partial charge is 0.481 e. The zero-order valence-electron chi connectivity index (χ0n) is 18.0. The Labute approximate surface area is 185 Å². The summed E-state index contributed by atoms with van der Waals surface area (Å²) >= 11 is 0. The van der Waals surface area contributed by atoms with Gasteiger partial charge in [0.2, 0.25) is 0 Å². The zero-order chi connectivity index (χ0) is 22.5. The van der Waals surface area contributed by atoms with Crippen molar-refractivity contribution in [2.45, 2.75) is 32.6 Å². The number of aromatic amines is 1. The number of ether oxygens (including phenoxy) is 1. The topological polar surface area (TPSA) is 113 Å². The molecule has 0 spiro atoms. The number of H-pyrrole nitrogens is 1. The molecule has 0 aliphatic rings. The average Bonchev–Trinajstić information content (AvgIpc) is 3.28. The molecule has 1 unspecified atom stereocenters. The molecule has 0 amide bonds. The number of aromatic nitrogens is 4. The van der Waals surface area contributed by atoms with Crippen molar-refractivity contribution >= 4 is 28.2 Å². The molecule has 3 N–H and O–H groups in total. The number of carboxylic acids is 1.